The van der Waals surface area contributed by atoms with Gasteiger partial charge in [0.15, 0.2) is 0 Å². The summed E-state index contributed by atoms with van der Waals surface area (Å²) in [6.45, 7) is 5.98. The molecular formula is C22H24N2O. The van der Waals surface area contributed by atoms with Crippen LogP contribution in [0.3, 0.4) is 0 Å². The number of hydrogen-bond acceptors (Lipinski definition) is 2. The van der Waals surface area contributed by atoms with Gasteiger partial charge in [-0.05, 0) is 40.6 Å². The summed E-state index contributed by atoms with van der Waals surface area (Å²) >= 11 is 0. The molecule has 0 bridgehead atoms. The summed E-state index contributed by atoms with van der Waals surface area (Å²) in [6, 6.07) is 22.8. The first-order valence-corrected chi connectivity index (χ1v) is 8.53. The van der Waals surface area contributed by atoms with Crippen molar-refractivity contribution in [2.24, 2.45) is 11.7 Å². The molecule has 3 nitrogen and oxygen atoms in total. The quantitative estimate of drug-likeness (QED) is 0.692. The molecule has 0 spiro atoms. The van der Waals surface area contributed by atoms with Gasteiger partial charge in [-0.15, -0.1) is 0 Å². The normalized spacial score (nSPS) is 12.8. The Hall–Kier alpha value is -2.81. The third-order valence-electron chi connectivity index (χ3n) is 5.18. The van der Waals surface area contributed by atoms with Crippen LogP contribution in [0.2, 0.25) is 0 Å². The fraction of sp³-hybridized carbons (Fsp3) is 0.227. The third kappa shape index (κ3) is 3.50. The lowest BCUT2D eigenvalue weighted by atomic mass is 9.74. The number of benzene rings is 3. The number of anilines is 2. The average Bonchev–Trinajstić information content (AvgIpc) is 2.61. The van der Waals surface area contributed by atoms with Gasteiger partial charge in [0.2, 0.25) is 5.91 Å². The number of nitrogens with one attached hydrogen (secondary N) is 1. The molecular weight excluding hydrogens is 308 g/mol. The molecule has 25 heavy (non-hydrogen) atoms. The lowest BCUT2D eigenvalue weighted by molar-refractivity contribution is -0.123. The van der Waals surface area contributed by atoms with Gasteiger partial charge in [0.25, 0.3) is 0 Å². The Bertz CT molecular complexity index is 897. The van der Waals surface area contributed by atoms with Crippen LogP contribution in [-0.2, 0) is 10.2 Å². The van der Waals surface area contributed by atoms with E-state index in [2.05, 4.69) is 47.8 Å². The highest BCUT2D eigenvalue weighted by Crippen LogP contribution is 2.32. The molecule has 3 aromatic carbocycles. The molecule has 0 radical (unpaired) electrons. The van der Waals surface area contributed by atoms with Crippen molar-refractivity contribution in [2.75, 3.05) is 5.32 Å². The molecule has 1 unspecified atom stereocenters. The zero-order valence-corrected chi connectivity index (χ0v) is 14.9. The largest absolute Gasteiger partial charge is 0.369 e. The molecule has 1 amide bonds. The molecule has 0 aliphatic heterocycles. The highest BCUT2D eigenvalue weighted by atomic mass is 16.1. The van der Waals surface area contributed by atoms with Crippen LogP contribution in [0.1, 0.15) is 26.3 Å². The van der Waals surface area contributed by atoms with E-state index >= 15 is 0 Å². The molecule has 0 heterocycles. The molecule has 128 valence electrons. The number of carbonyl (C=O) groups is 1. The van der Waals surface area contributed by atoms with Crippen molar-refractivity contribution in [3.05, 3.63) is 72.3 Å². The maximum atomic E-state index is 11.5. The molecule has 0 saturated carbocycles. The molecule has 0 aliphatic rings. The van der Waals surface area contributed by atoms with E-state index in [4.69, 9.17) is 5.73 Å². The van der Waals surface area contributed by atoms with Crippen molar-refractivity contribution in [2.45, 2.75) is 26.2 Å². The predicted molar refractivity (Wildman–Crippen MR) is 105 cm³/mol. The number of amides is 1. The Morgan fingerprint density at radius 2 is 1.52 bits per heavy atom. The molecule has 0 fully saturated rings. The van der Waals surface area contributed by atoms with Gasteiger partial charge in [0.1, 0.15) is 0 Å². The first-order valence-electron chi connectivity index (χ1n) is 8.53. The van der Waals surface area contributed by atoms with E-state index < -0.39 is 0 Å². The van der Waals surface area contributed by atoms with Crippen LogP contribution < -0.4 is 11.1 Å². The summed E-state index contributed by atoms with van der Waals surface area (Å²) in [5, 5.41) is 5.87. The van der Waals surface area contributed by atoms with Crippen LogP contribution in [0.15, 0.2) is 66.7 Å². The van der Waals surface area contributed by atoms with Crippen LogP contribution in [-0.4, -0.2) is 5.91 Å². The van der Waals surface area contributed by atoms with Crippen molar-refractivity contribution in [1.29, 1.82) is 0 Å². The molecule has 3 rings (SSSR count). The number of nitrogens with two attached hydrogens (primary N) is 1. The lowest BCUT2D eigenvalue weighted by Gasteiger charge is -2.30. The zero-order valence-electron chi connectivity index (χ0n) is 14.9. The van der Waals surface area contributed by atoms with Crippen molar-refractivity contribution >= 4 is 28.1 Å². The molecule has 3 aromatic rings. The van der Waals surface area contributed by atoms with Gasteiger partial charge in [-0.25, -0.2) is 0 Å². The van der Waals surface area contributed by atoms with Crippen LogP contribution in [0.4, 0.5) is 11.4 Å². The summed E-state index contributed by atoms with van der Waals surface area (Å²) in [7, 11) is 0. The summed E-state index contributed by atoms with van der Waals surface area (Å²) in [4.78, 5) is 11.5. The maximum Gasteiger partial charge on any atom is 0.221 e. The van der Waals surface area contributed by atoms with Gasteiger partial charge in [-0.2, -0.15) is 0 Å². The van der Waals surface area contributed by atoms with Crippen molar-refractivity contribution in [3.63, 3.8) is 0 Å². The van der Waals surface area contributed by atoms with E-state index in [0.29, 0.717) is 0 Å². The molecule has 0 saturated heterocycles. The zero-order chi connectivity index (χ0) is 18.0. The van der Waals surface area contributed by atoms with E-state index in [1.807, 2.05) is 45.0 Å². The number of hydrogen-bond donors (Lipinski definition) is 2. The van der Waals surface area contributed by atoms with Crippen LogP contribution in [0, 0.1) is 5.92 Å². The fourth-order valence-electron chi connectivity index (χ4n) is 3.02. The van der Waals surface area contributed by atoms with Gasteiger partial charge in [-0.3, -0.25) is 4.79 Å². The minimum atomic E-state index is -0.298. The van der Waals surface area contributed by atoms with Gasteiger partial charge in [0, 0.05) is 22.7 Å². The second-order valence-electron chi connectivity index (χ2n) is 7.11. The Morgan fingerprint density at radius 3 is 2.16 bits per heavy atom. The Labute approximate surface area is 148 Å². The van der Waals surface area contributed by atoms with E-state index in [9.17, 15) is 4.79 Å². The number of primary amides is 1. The predicted octanol–water partition coefficient (Wildman–Crippen LogP) is 4.98. The van der Waals surface area contributed by atoms with Crippen LogP contribution >= 0.6 is 0 Å². The maximum absolute atomic E-state index is 11.5. The molecule has 1 atom stereocenters. The van der Waals surface area contributed by atoms with E-state index in [1.165, 1.54) is 10.8 Å². The van der Waals surface area contributed by atoms with Gasteiger partial charge >= 0.3 is 0 Å². The standard InChI is InChI=1S/C22H24N2O/c1-15(21(23)25)22(2,3)18-9-12-19(13-10-18)24-20-11-8-16-6-4-5-7-17(16)14-20/h4-15,24H,1-3H3,(H2,23,25). The van der Waals surface area contributed by atoms with Crippen LogP contribution in [0.25, 0.3) is 10.8 Å². The minimum Gasteiger partial charge on any atom is -0.369 e. The first kappa shape index (κ1) is 17.0. The highest BCUT2D eigenvalue weighted by molar-refractivity contribution is 5.86. The molecule has 0 aromatic heterocycles. The monoisotopic (exact) mass is 332 g/mol. The third-order valence-corrected chi connectivity index (χ3v) is 5.18. The smallest absolute Gasteiger partial charge is 0.221 e. The van der Waals surface area contributed by atoms with E-state index in [-0.39, 0.29) is 17.2 Å². The summed E-state index contributed by atoms with van der Waals surface area (Å²) < 4.78 is 0. The number of carbonyl (C=O) groups excluding carboxylic acids is 1. The van der Waals surface area contributed by atoms with E-state index in [0.717, 1.165) is 16.9 Å². The van der Waals surface area contributed by atoms with Crippen molar-refractivity contribution < 1.29 is 4.79 Å². The SMILES string of the molecule is CC(C(N)=O)C(C)(C)c1ccc(Nc2ccc3ccccc3c2)cc1. The number of fused-ring (bicyclic) bond motifs is 1. The molecule has 0 aliphatic carbocycles. The Kier molecular flexibility index (Phi) is 4.49. The van der Waals surface area contributed by atoms with Gasteiger partial charge in [0.05, 0.1) is 0 Å². The first-order chi connectivity index (χ1) is 11.9. The lowest BCUT2D eigenvalue weighted by Crippen LogP contribution is -2.36. The number of rotatable bonds is 5. The second-order valence-corrected chi connectivity index (χ2v) is 7.11. The highest BCUT2D eigenvalue weighted by Gasteiger charge is 2.31. The topological polar surface area (TPSA) is 55.1 Å². The van der Waals surface area contributed by atoms with Gasteiger partial charge < -0.3 is 11.1 Å². The summed E-state index contributed by atoms with van der Waals surface area (Å²) in [6.07, 6.45) is 0. The Morgan fingerprint density at radius 1 is 0.920 bits per heavy atom. The van der Waals surface area contributed by atoms with Crippen LogP contribution in [0.5, 0.6) is 0 Å². The summed E-state index contributed by atoms with van der Waals surface area (Å²) in [5.74, 6) is -0.504. The minimum absolute atomic E-state index is 0.230. The average molecular weight is 332 g/mol. The van der Waals surface area contributed by atoms with Crippen molar-refractivity contribution in [1.82, 2.24) is 0 Å². The van der Waals surface area contributed by atoms with Crippen molar-refractivity contribution in [3.8, 4) is 0 Å². The summed E-state index contributed by atoms with van der Waals surface area (Å²) in [5.41, 5.74) is 8.35. The fourth-order valence-corrected chi connectivity index (χ4v) is 3.02. The van der Waals surface area contributed by atoms with Gasteiger partial charge in [-0.1, -0.05) is 63.2 Å². The molecule has 3 heteroatoms. The molecule has 3 N–H and O–H groups in total. The Balaban J connectivity index is 1.81. The second kappa shape index (κ2) is 6.60. The van der Waals surface area contributed by atoms with E-state index in [1.54, 1.807) is 0 Å².